The van der Waals surface area contributed by atoms with E-state index in [4.69, 9.17) is 16.3 Å². The molecule has 4 rings (SSSR count). The number of hydrogen-bond acceptors (Lipinski definition) is 4. The molecule has 2 saturated heterocycles. The van der Waals surface area contributed by atoms with Crippen LogP contribution in [0.1, 0.15) is 23.2 Å². The number of anilines is 1. The lowest BCUT2D eigenvalue weighted by molar-refractivity contribution is -0.137. The molecule has 2 aliphatic heterocycles. The lowest BCUT2D eigenvalue weighted by Crippen LogP contribution is -2.53. The van der Waals surface area contributed by atoms with E-state index in [0.29, 0.717) is 36.8 Å². The van der Waals surface area contributed by atoms with Crippen LogP contribution in [0.3, 0.4) is 0 Å². The maximum Gasteiger partial charge on any atom is 0.253 e. The average Bonchev–Trinajstić information content (AvgIpc) is 2.84. The molecule has 164 valence electrons. The van der Waals surface area contributed by atoms with Crippen molar-refractivity contribution in [2.24, 2.45) is 5.92 Å². The van der Waals surface area contributed by atoms with Crippen molar-refractivity contribution in [1.29, 1.82) is 0 Å². The molecule has 0 aromatic heterocycles. The molecule has 0 bridgehead atoms. The van der Waals surface area contributed by atoms with Crippen molar-refractivity contribution < 1.29 is 14.3 Å². The summed E-state index contributed by atoms with van der Waals surface area (Å²) in [6, 6.07) is 14.9. The zero-order valence-corrected chi connectivity index (χ0v) is 18.6. The zero-order chi connectivity index (χ0) is 21.8. The molecular formula is C24H28ClN3O3. The molecule has 0 aliphatic carbocycles. The summed E-state index contributed by atoms with van der Waals surface area (Å²) < 4.78 is 5.48. The highest BCUT2D eigenvalue weighted by Crippen LogP contribution is 2.29. The normalized spacial score (nSPS) is 19.3. The number of halogens is 1. The Morgan fingerprint density at radius 2 is 1.65 bits per heavy atom. The molecule has 2 fully saturated rings. The monoisotopic (exact) mass is 441 g/mol. The average molecular weight is 442 g/mol. The number of methoxy groups -OCH3 is 1. The first-order valence-corrected chi connectivity index (χ1v) is 11.2. The second-order valence-corrected chi connectivity index (χ2v) is 8.52. The Hall–Kier alpha value is -2.73. The first-order chi connectivity index (χ1) is 15.1. The summed E-state index contributed by atoms with van der Waals surface area (Å²) in [5.41, 5.74) is 1.68. The number of ether oxygens (including phenoxy) is 1. The summed E-state index contributed by atoms with van der Waals surface area (Å²) in [5.74, 6) is 0.845. The number of piperazine rings is 1. The van der Waals surface area contributed by atoms with Gasteiger partial charge in [0, 0.05) is 49.9 Å². The Labute approximate surface area is 188 Å². The largest absolute Gasteiger partial charge is 0.495 e. The van der Waals surface area contributed by atoms with Crippen molar-refractivity contribution in [3.8, 4) is 5.75 Å². The van der Waals surface area contributed by atoms with E-state index in [1.807, 2.05) is 23.1 Å². The second kappa shape index (κ2) is 9.60. The molecule has 6 nitrogen and oxygen atoms in total. The van der Waals surface area contributed by atoms with E-state index >= 15 is 0 Å². The molecule has 7 heteroatoms. The number of benzene rings is 2. The summed E-state index contributed by atoms with van der Waals surface area (Å²) in [6.45, 7) is 4.06. The van der Waals surface area contributed by atoms with E-state index in [1.54, 1.807) is 36.3 Å². The molecule has 2 amide bonds. The highest BCUT2D eigenvalue weighted by Gasteiger charge is 2.33. The van der Waals surface area contributed by atoms with Gasteiger partial charge >= 0.3 is 0 Å². The van der Waals surface area contributed by atoms with Gasteiger partial charge in [-0.15, -0.1) is 0 Å². The highest BCUT2D eigenvalue weighted by molar-refractivity contribution is 6.30. The van der Waals surface area contributed by atoms with Crippen molar-refractivity contribution in [3.05, 3.63) is 59.1 Å². The topological polar surface area (TPSA) is 53.1 Å². The maximum atomic E-state index is 13.2. The molecule has 0 N–H and O–H groups in total. The lowest BCUT2D eigenvalue weighted by atomic mass is 9.95. The first-order valence-electron chi connectivity index (χ1n) is 10.8. The van der Waals surface area contributed by atoms with Crippen molar-refractivity contribution in [2.45, 2.75) is 12.8 Å². The fourth-order valence-corrected chi connectivity index (χ4v) is 4.58. The number of hydrogen-bond donors (Lipinski definition) is 0. The van der Waals surface area contributed by atoms with Crippen LogP contribution in [0.5, 0.6) is 5.75 Å². The third-order valence-electron chi connectivity index (χ3n) is 6.17. The van der Waals surface area contributed by atoms with E-state index in [2.05, 4.69) is 11.0 Å². The van der Waals surface area contributed by atoms with Gasteiger partial charge in [0.25, 0.3) is 5.91 Å². The SMILES string of the molecule is COc1ccccc1N1CCN(C(=O)C2CCCN(C(=O)c3ccc(Cl)cc3)C2)CC1. The minimum Gasteiger partial charge on any atom is -0.495 e. The lowest BCUT2D eigenvalue weighted by Gasteiger charge is -2.40. The number of rotatable bonds is 4. The number of nitrogens with zero attached hydrogens (tertiary/aromatic N) is 3. The molecule has 2 aliphatic rings. The van der Waals surface area contributed by atoms with Gasteiger partial charge < -0.3 is 19.4 Å². The standard InChI is InChI=1S/C24H28ClN3O3/c1-31-22-7-3-2-6-21(22)26-13-15-27(16-14-26)24(30)19-5-4-12-28(17-19)23(29)18-8-10-20(25)11-9-18/h2-3,6-11,19H,4-5,12-17H2,1H3. The Bertz CT molecular complexity index is 926. The van der Waals surface area contributed by atoms with Gasteiger partial charge in [-0.05, 0) is 49.2 Å². The van der Waals surface area contributed by atoms with Gasteiger partial charge in [0.1, 0.15) is 5.75 Å². The van der Waals surface area contributed by atoms with Crippen LogP contribution >= 0.6 is 11.6 Å². The van der Waals surface area contributed by atoms with Gasteiger partial charge in [0.15, 0.2) is 0 Å². The maximum absolute atomic E-state index is 13.2. The van der Waals surface area contributed by atoms with E-state index in [1.165, 1.54) is 0 Å². The predicted molar refractivity (Wildman–Crippen MR) is 122 cm³/mol. The summed E-state index contributed by atoms with van der Waals surface area (Å²) >= 11 is 5.93. The van der Waals surface area contributed by atoms with Crippen LogP contribution in [-0.4, -0.2) is 68.0 Å². The Kier molecular flexibility index (Phi) is 6.66. The van der Waals surface area contributed by atoms with Crippen LogP contribution < -0.4 is 9.64 Å². The molecule has 0 radical (unpaired) electrons. The van der Waals surface area contributed by atoms with E-state index in [0.717, 1.165) is 37.4 Å². The van der Waals surface area contributed by atoms with Gasteiger partial charge in [0.05, 0.1) is 18.7 Å². The fraction of sp³-hybridized carbons (Fsp3) is 0.417. The molecule has 31 heavy (non-hydrogen) atoms. The van der Waals surface area contributed by atoms with E-state index < -0.39 is 0 Å². The molecule has 0 spiro atoms. The first kappa shape index (κ1) is 21.5. The summed E-state index contributed by atoms with van der Waals surface area (Å²) in [6.07, 6.45) is 1.67. The van der Waals surface area contributed by atoms with Crippen LogP contribution in [0, 0.1) is 5.92 Å². The van der Waals surface area contributed by atoms with Gasteiger partial charge in [0.2, 0.25) is 5.91 Å². The Morgan fingerprint density at radius 3 is 2.35 bits per heavy atom. The summed E-state index contributed by atoms with van der Waals surface area (Å²) in [7, 11) is 1.68. The fourth-order valence-electron chi connectivity index (χ4n) is 4.46. The summed E-state index contributed by atoms with van der Waals surface area (Å²) in [4.78, 5) is 32.1. The molecule has 2 heterocycles. The van der Waals surface area contributed by atoms with E-state index in [-0.39, 0.29) is 17.7 Å². The number of piperidine rings is 1. The molecule has 1 atom stereocenters. The molecule has 2 aromatic rings. The third-order valence-corrected chi connectivity index (χ3v) is 6.42. The molecule has 1 unspecified atom stereocenters. The third kappa shape index (κ3) is 4.79. The quantitative estimate of drug-likeness (QED) is 0.728. The number of carbonyl (C=O) groups is 2. The van der Waals surface area contributed by atoms with Crippen LogP contribution in [0.25, 0.3) is 0 Å². The number of carbonyl (C=O) groups excluding carboxylic acids is 2. The van der Waals surface area contributed by atoms with Crippen LogP contribution in [0.4, 0.5) is 5.69 Å². The van der Waals surface area contributed by atoms with Crippen LogP contribution in [-0.2, 0) is 4.79 Å². The van der Waals surface area contributed by atoms with Gasteiger partial charge in [-0.3, -0.25) is 9.59 Å². The molecular weight excluding hydrogens is 414 g/mol. The minimum atomic E-state index is -0.136. The van der Waals surface area contributed by atoms with Gasteiger partial charge in [-0.2, -0.15) is 0 Å². The smallest absolute Gasteiger partial charge is 0.253 e. The number of para-hydroxylation sites is 2. The molecule has 0 saturated carbocycles. The summed E-state index contributed by atoms with van der Waals surface area (Å²) in [5, 5.41) is 0.607. The van der Waals surface area contributed by atoms with Gasteiger partial charge in [-0.25, -0.2) is 0 Å². The Morgan fingerprint density at radius 1 is 0.935 bits per heavy atom. The second-order valence-electron chi connectivity index (χ2n) is 8.08. The Balaban J connectivity index is 1.35. The highest BCUT2D eigenvalue weighted by atomic mass is 35.5. The van der Waals surface area contributed by atoms with Crippen molar-refractivity contribution in [2.75, 3.05) is 51.3 Å². The molecule has 2 aromatic carbocycles. The number of likely N-dealkylation sites (tertiary alicyclic amines) is 1. The number of amides is 2. The van der Waals surface area contributed by atoms with Gasteiger partial charge in [-0.1, -0.05) is 23.7 Å². The van der Waals surface area contributed by atoms with Crippen molar-refractivity contribution in [3.63, 3.8) is 0 Å². The van der Waals surface area contributed by atoms with Crippen LogP contribution in [0.2, 0.25) is 5.02 Å². The minimum absolute atomic E-state index is 0.0323. The van der Waals surface area contributed by atoms with E-state index in [9.17, 15) is 9.59 Å². The predicted octanol–water partition coefficient (Wildman–Crippen LogP) is 3.55. The zero-order valence-electron chi connectivity index (χ0n) is 17.8. The van der Waals surface area contributed by atoms with Crippen LogP contribution in [0.15, 0.2) is 48.5 Å². The van der Waals surface area contributed by atoms with Crippen molar-refractivity contribution >= 4 is 29.1 Å². The van der Waals surface area contributed by atoms with Crippen molar-refractivity contribution in [1.82, 2.24) is 9.80 Å².